The highest BCUT2D eigenvalue weighted by Crippen LogP contribution is 2.18. The van der Waals surface area contributed by atoms with E-state index in [1.807, 2.05) is 0 Å². The van der Waals surface area contributed by atoms with E-state index in [9.17, 15) is 4.79 Å². The number of benzene rings is 2. The van der Waals surface area contributed by atoms with Gasteiger partial charge >= 0.3 is 5.97 Å². The van der Waals surface area contributed by atoms with E-state index in [-0.39, 0.29) is 5.97 Å². The third-order valence-electron chi connectivity index (χ3n) is 3.56. The number of carbonyl (C=O) groups excluding carboxylic acids is 1. The maximum absolute atomic E-state index is 11.9. The summed E-state index contributed by atoms with van der Waals surface area (Å²) in [6, 6.07) is 15.4. The van der Waals surface area contributed by atoms with Gasteiger partial charge in [0.05, 0.1) is 7.11 Å². The summed E-state index contributed by atoms with van der Waals surface area (Å²) in [7, 11) is 1.60. The Labute approximate surface area is 131 Å². The molecule has 2 aromatic rings. The van der Waals surface area contributed by atoms with Crippen molar-refractivity contribution in [3.63, 3.8) is 0 Å². The molecule has 3 heteroatoms. The highest BCUT2D eigenvalue weighted by atomic mass is 16.5. The topological polar surface area (TPSA) is 35.5 Å². The van der Waals surface area contributed by atoms with Crippen LogP contribution in [0.3, 0.4) is 0 Å². The van der Waals surface area contributed by atoms with E-state index in [0.717, 1.165) is 11.3 Å². The summed E-state index contributed by atoms with van der Waals surface area (Å²) in [4.78, 5) is 11.9. The normalized spacial score (nSPS) is 10.5. The fourth-order valence-corrected chi connectivity index (χ4v) is 2.14. The van der Waals surface area contributed by atoms with Gasteiger partial charge in [0.2, 0.25) is 0 Å². The zero-order chi connectivity index (χ0) is 15.9. The van der Waals surface area contributed by atoms with Gasteiger partial charge in [0.25, 0.3) is 0 Å². The quantitative estimate of drug-likeness (QED) is 0.587. The standard InChI is InChI=1S/C19H22O3/c1-14(2)16-7-4-15(5-8-16)6-13-19(20)22-18-11-9-17(21-3)10-12-18/h4-5,7-12,14H,6,13H2,1-3H3. The first-order chi connectivity index (χ1) is 10.6. The van der Waals surface area contributed by atoms with Crippen LogP contribution in [-0.2, 0) is 11.2 Å². The van der Waals surface area contributed by atoms with Crippen LogP contribution in [0.15, 0.2) is 48.5 Å². The maximum atomic E-state index is 11.9. The second-order valence-corrected chi connectivity index (χ2v) is 5.55. The molecule has 0 bridgehead atoms. The number of aryl methyl sites for hydroxylation is 1. The molecule has 0 heterocycles. The van der Waals surface area contributed by atoms with Crippen molar-refractivity contribution in [1.29, 1.82) is 0 Å². The molecule has 0 aliphatic rings. The molecule has 0 saturated carbocycles. The van der Waals surface area contributed by atoms with Gasteiger partial charge in [-0.15, -0.1) is 0 Å². The average Bonchev–Trinajstić information content (AvgIpc) is 2.54. The number of hydrogen-bond acceptors (Lipinski definition) is 3. The van der Waals surface area contributed by atoms with Gasteiger partial charge in [-0.1, -0.05) is 38.1 Å². The predicted molar refractivity (Wildman–Crippen MR) is 87.5 cm³/mol. The fraction of sp³-hybridized carbons (Fsp3) is 0.316. The Kier molecular flexibility index (Phi) is 5.59. The van der Waals surface area contributed by atoms with Crippen molar-refractivity contribution in [2.75, 3.05) is 7.11 Å². The van der Waals surface area contributed by atoms with Crippen LogP contribution in [-0.4, -0.2) is 13.1 Å². The van der Waals surface area contributed by atoms with Crippen molar-refractivity contribution in [2.45, 2.75) is 32.6 Å². The highest BCUT2D eigenvalue weighted by molar-refractivity contribution is 5.72. The molecule has 2 aromatic carbocycles. The fourth-order valence-electron chi connectivity index (χ4n) is 2.14. The molecule has 22 heavy (non-hydrogen) atoms. The Morgan fingerprint density at radius 1 is 0.955 bits per heavy atom. The van der Waals surface area contributed by atoms with Gasteiger partial charge in [-0.05, 0) is 47.7 Å². The van der Waals surface area contributed by atoms with Gasteiger partial charge in [-0.3, -0.25) is 4.79 Å². The van der Waals surface area contributed by atoms with Crippen LogP contribution < -0.4 is 9.47 Å². The van der Waals surface area contributed by atoms with Crippen LogP contribution in [0.2, 0.25) is 0 Å². The zero-order valence-corrected chi connectivity index (χ0v) is 13.3. The lowest BCUT2D eigenvalue weighted by Crippen LogP contribution is -2.09. The average molecular weight is 298 g/mol. The smallest absolute Gasteiger partial charge is 0.311 e. The molecule has 116 valence electrons. The van der Waals surface area contributed by atoms with Gasteiger partial charge in [0, 0.05) is 6.42 Å². The number of carbonyl (C=O) groups is 1. The van der Waals surface area contributed by atoms with Crippen LogP contribution in [0.25, 0.3) is 0 Å². The zero-order valence-electron chi connectivity index (χ0n) is 13.3. The van der Waals surface area contributed by atoms with Gasteiger partial charge in [-0.2, -0.15) is 0 Å². The minimum Gasteiger partial charge on any atom is -0.497 e. The molecule has 0 amide bonds. The van der Waals surface area contributed by atoms with Crippen LogP contribution in [0.5, 0.6) is 11.5 Å². The molecular weight excluding hydrogens is 276 g/mol. The Morgan fingerprint density at radius 2 is 1.55 bits per heavy atom. The van der Waals surface area contributed by atoms with Gasteiger partial charge in [0.15, 0.2) is 0 Å². The lowest BCUT2D eigenvalue weighted by atomic mass is 10.0. The van der Waals surface area contributed by atoms with Crippen molar-refractivity contribution in [3.8, 4) is 11.5 Å². The molecule has 0 saturated heterocycles. The minimum absolute atomic E-state index is 0.224. The Balaban J connectivity index is 1.84. The highest BCUT2D eigenvalue weighted by Gasteiger charge is 2.06. The molecule has 3 nitrogen and oxygen atoms in total. The Bertz CT molecular complexity index is 598. The molecule has 0 unspecified atom stereocenters. The predicted octanol–water partition coefficient (Wildman–Crippen LogP) is 4.36. The van der Waals surface area contributed by atoms with Gasteiger partial charge in [-0.25, -0.2) is 0 Å². The first-order valence-corrected chi connectivity index (χ1v) is 7.52. The van der Waals surface area contributed by atoms with E-state index in [2.05, 4.69) is 38.1 Å². The van der Waals surface area contributed by atoms with E-state index in [1.54, 1.807) is 31.4 Å². The van der Waals surface area contributed by atoms with Crippen molar-refractivity contribution in [1.82, 2.24) is 0 Å². The molecule has 0 aliphatic carbocycles. The number of esters is 1. The molecule has 0 spiro atoms. The van der Waals surface area contributed by atoms with E-state index in [0.29, 0.717) is 24.5 Å². The summed E-state index contributed by atoms with van der Waals surface area (Å²) in [5.74, 6) is 1.58. The van der Waals surface area contributed by atoms with Crippen molar-refractivity contribution >= 4 is 5.97 Å². The number of hydrogen-bond donors (Lipinski definition) is 0. The lowest BCUT2D eigenvalue weighted by molar-refractivity contribution is -0.134. The van der Waals surface area contributed by atoms with Gasteiger partial charge < -0.3 is 9.47 Å². The van der Waals surface area contributed by atoms with E-state index in [4.69, 9.17) is 9.47 Å². The van der Waals surface area contributed by atoms with Crippen LogP contribution in [0.1, 0.15) is 37.3 Å². The maximum Gasteiger partial charge on any atom is 0.311 e. The summed E-state index contributed by atoms with van der Waals surface area (Å²) in [6.07, 6.45) is 1.06. The van der Waals surface area contributed by atoms with Crippen LogP contribution in [0, 0.1) is 0 Å². The van der Waals surface area contributed by atoms with E-state index < -0.39 is 0 Å². The van der Waals surface area contributed by atoms with E-state index >= 15 is 0 Å². The number of rotatable bonds is 6. The molecule has 0 aliphatic heterocycles. The summed E-state index contributed by atoms with van der Waals surface area (Å²) in [5, 5.41) is 0. The van der Waals surface area contributed by atoms with Crippen LogP contribution in [0.4, 0.5) is 0 Å². The summed E-state index contributed by atoms with van der Waals surface area (Å²) >= 11 is 0. The third kappa shape index (κ3) is 4.62. The SMILES string of the molecule is COc1ccc(OC(=O)CCc2ccc(C(C)C)cc2)cc1. The summed E-state index contributed by atoms with van der Waals surface area (Å²) in [6.45, 7) is 4.34. The molecule has 0 radical (unpaired) electrons. The summed E-state index contributed by atoms with van der Waals surface area (Å²) < 4.78 is 10.4. The minimum atomic E-state index is -0.224. The number of methoxy groups -OCH3 is 1. The third-order valence-corrected chi connectivity index (χ3v) is 3.56. The molecule has 0 fully saturated rings. The second kappa shape index (κ2) is 7.64. The Hall–Kier alpha value is -2.29. The van der Waals surface area contributed by atoms with E-state index in [1.165, 1.54) is 5.56 Å². The second-order valence-electron chi connectivity index (χ2n) is 5.55. The lowest BCUT2D eigenvalue weighted by Gasteiger charge is -2.07. The molecule has 0 atom stereocenters. The largest absolute Gasteiger partial charge is 0.497 e. The molecule has 0 aromatic heterocycles. The van der Waals surface area contributed by atoms with Crippen molar-refractivity contribution in [2.24, 2.45) is 0 Å². The van der Waals surface area contributed by atoms with Crippen LogP contribution >= 0.6 is 0 Å². The molecule has 0 N–H and O–H groups in total. The summed E-state index contributed by atoms with van der Waals surface area (Å²) in [5.41, 5.74) is 2.46. The monoisotopic (exact) mass is 298 g/mol. The first kappa shape index (κ1) is 16.1. The van der Waals surface area contributed by atoms with Crippen molar-refractivity contribution in [3.05, 3.63) is 59.7 Å². The van der Waals surface area contributed by atoms with Crippen molar-refractivity contribution < 1.29 is 14.3 Å². The molecule has 2 rings (SSSR count). The van der Waals surface area contributed by atoms with Gasteiger partial charge in [0.1, 0.15) is 11.5 Å². The molecular formula is C19H22O3. The first-order valence-electron chi connectivity index (χ1n) is 7.52. The number of ether oxygens (including phenoxy) is 2. The Morgan fingerprint density at radius 3 is 2.09 bits per heavy atom.